The summed E-state index contributed by atoms with van der Waals surface area (Å²) in [5, 5.41) is 0. The minimum atomic E-state index is -4.15. The molecule has 0 atom stereocenters. The van der Waals surface area contributed by atoms with E-state index in [0.717, 1.165) is 32.1 Å². The first-order chi connectivity index (χ1) is 8.28. The molecule has 1 aliphatic rings. The molecular weight excluding hydrogens is 243 g/mol. The molecule has 18 heavy (non-hydrogen) atoms. The molecule has 106 valence electrons. The Kier molecular flexibility index (Phi) is 5.20. The number of hydrogen-bond acceptors (Lipinski definition) is 2. The zero-order valence-corrected chi connectivity index (χ0v) is 11.1. The second kappa shape index (κ2) is 6.04. The summed E-state index contributed by atoms with van der Waals surface area (Å²) in [4.78, 5) is 14.1. The van der Waals surface area contributed by atoms with E-state index in [1.165, 1.54) is 0 Å². The van der Waals surface area contributed by atoms with Crippen LogP contribution >= 0.6 is 0 Å². The van der Waals surface area contributed by atoms with Crippen molar-refractivity contribution in [2.45, 2.75) is 63.1 Å². The third-order valence-corrected chi connectivity index (χ3v) is 3.92. The summed E-state index contributed by atoms with van der Waals surface area (Å²) in [5.74, 6) is -0.0172. The number of carbonyl (C=O) groups excluding carboxylic acids is 1. The van der Waals surface area contributed by atoms with E-state index in [-0.39, 0.29) is 18.6 Å². The third kappa shape index (κ3) is 3.97. The van der Waals surface area contributed by atoms with Gasteiger partial charge in [-0.15, -0.1) is 0 Å². The van der Waals surface area contributed by atoms with Crippen molar-refractivity contribution in [2.24, 2.45) is 0 Å². The standard InChI is InChI=1S/C13H22F3NO/c1-17(2)12(8-4-3-5-9-12)11(18)7-6-10-13(14,15)16/h3-10H2,1-2H3. The van der Waals surface area contributed by atoms with Crippen molar-refractivity contribution in [3.8, 4) is 0 Å². The number of Topliss-reactive ketones (excluding diaryl/α,β-unsaturated/α-hetero) is 1. The second-order valence-electron chi connectivity index (χ2n) is 5.38. The number of nitrogens with zero attached hydrogens (tertiary/aromatic N) is 1. The average molecular weight is 265 g/mol. The van der Waals surface area contributed by atoms with Crippen LogP contribution in [-0.4, -0.2) is 36.5 Å². The zero-order valence-electron chi connectivity index (χ0n) is 11.1. The number of carbonyl (C=O) groups is 1. The Morgan fingerprint density at radius 2 is 1.72 bits per heavy atom. The minimum Gasteiger partial charge on any atom is -0.298 e. The molecular formula is C13H22F3NO. The smallest absolute Gasteiger partial charge is 0.298 e. The highest BCUT2D eigenvalue weighted by Crippen LogP contribution is 2.34. The molecule has 0 aromatic carbocycles. The van der Waals surface area contributed by atoms with Gasteiger partial charge in [0, 0.05) is 12.8 Å². The summed E-state index contributed by atoms with van der Waals surface area (Å²) in [5.41, 5.74) is -0.510. The lowest BCUT2D eigenvalue weighted by atomic mass is 9.76. The summed E-state index contributed by atoms with van der Waals surface area (Å²) in [6.45, 7) is 0. The fourth-order valence-corrected chi connectivity index (χ4v) is 2.79. The molecule has 1 saturated carbocycles. The van der Waals surface area contributed by atoms with Crippen molar-refractivity contribution in [3.05, 3.63) is 0 Å². The Balaban J connectivity index is 2.55. The molecule has 0 N–H and O–H groups in total. The normalized spacial score (nSPS) is 20.1. The number of rotatable bonds is 5. The number of likely N-dealkylation sites (N-methyl/N-ethyl adjacent to an activating group) is 1. The van der Waals surface area contributed by atoms with Crippen LogP contribution in [0, 0.1) is 0 Å². The molecule has 1 aliphatic carbocycles. The van der Waals surface area contributed by atoms with Crippen LogP contribution in [0.1, 0.15) is 51.4 Å². The molecule has 0 radical (unpaired) electrons. The summed E-state index contributed by atoms with van der Waals surface area (Å²) in [6.07, 6.45) is -0.399. The van der Waals surface area contributed by atoms with Gasteiger partial charge in [-0.05, 0) is 33.4 Å². The summed E-state index contributed by atoms with van der Waals surface area (Å²) < 4.78 is 36.2. The fourth-order valence-electron chi connectivity index (χ4n) is 2.79. The molecule has 0 spiro atoms. The van der Waals surface area contributed by atoms with Crippen LogP contribution in [0.2, 0.25) is 0 Å². The van der Waals surface area contributed by atoms with E-state index in [9.17, 15) is 18.0 Å². The number of halogens is 3. The van der Waals surface area contributed by atoms with Gasteiger partial charge in [0.15, 0.2) is 5.78 Å². The minimum absolute atomic E-state index is 0.0172. The third-order valence-electron chi connectivity index (χ3n) is 3.92. The molecule has 0 unspecified atom stereocenters. The van der Waals surface area contributed by atoms with Crippen LogP contribution in [0.15, 0.2) is 0 Å². The molecule has 0 aromatic heterocycles. The maximum absolute atomic E-state index is 12.2. The Morgan fingerprint density at radius 1 is 1.17 bits per heavy atom. The summed E-state index contributed by atoms with van der Waals surface area (Å²) in [6, 6.07) is 0. The van der Waals surface area contributed by atoms with Crippen molar-refractivity contribution < 1.29 is 18.0 Å². The van der Waals surface area contributed by atoms with E-state index in [4.69, 9.17) is 0 Å². The van der Waals surface area contributed by atoms with Crippen LogP contribution in [0.5, 0.6) is 0 Å². The van der Waals surface area contributed by atoms with Gasteiger partial charge in [0.05, 0.1) is 5.54 Å². The van der Waals surface area contributed by atoms with E-state index in [1.54, 1.807) is 0 Å². The van der Waals surface area contributed by atoms with Gasteiger partial charge in [-0.3, -0.25) is 9.69 Å². The topological polar surface area (TPSA) is 20.3 Å². The highest BCUT2D eigenvalue weighted by Gasteiger charge is 2.40. The SMILES string of the molecule is CN(C)C1(C(=O)CCCC(F)(F)F)CCCCC1. The molecule has 0 saturated heterocycles. The molecule has 1 rings (SSSR count). The fraction of sp³-hybridized carbons (Fsp3) is 0.923. The van der Waals surface area contributed by atoms with Crippen LogP contribution in [-0.2, 0) is 4.79 Å². The molecule has 0 heterocycles. The maximum Gasteiger partial charge on any atom is 0.389 e. The van der Waals surface area contributed by atoms with Crippen molar-refractivity contribution in [1.82, 2.24) is 4.90 Å². The molecule has 0 amide bonds. The Morgan fingerprint density at radius 3 is 2.17 bits per heavy atom. The molecule has 0 aromatic rings. The highest BCUT2D eigenvalue weighted by molar-refractivity contribution is 5.88. The van der Waals surface area contributed by atoms with Gasteiger partial charge in [-0.25, -0.2) is 0 Å². The number of ketones is 1. The first-order valence-electron chi connectivity index (χ1n) is 6.55. The van der Waals surface area contributed by atoms with Gasteiger partial charge < -0.3 is 0 Å². The quantitative estimate of drug-likeness (QED) is 0.757. The van der Waals surface area contributed by atoms with Gasteiger partial charge in [0.25, 0.3) is 0 Å². The van der Waals surface area contributed by atoms with Crippen LogP contribution in [0.3, 0.4) is 0 Å². The van der Waals surface area contributed by atoms with Crippen LogP contribution in [0.4, 0.5) is 13.2 Å². The van der Waals surface area contributed by atoms with Crippen LogP contribution in [0.25, 0.3) is 0 Å². The number of hydrogen-bond donors (Lipinski definition) is 0. The lowest BCUT2D eigenvalue weighted by Gasteiger charge is -2.41. The van der Waals surface area contributed by atoms with Gasteiger partial charge in [-0.1, -0.05) is 19.3 Å². The van der Waals surface area contributed by atoms with Crippen molar-refractivity contribution in [2.75, 3.05) is 14.1 Å². The molecule has 1 fully saturated rings. The number of alkyl halides is 3. The predicted molar refractivity (Wildman–Crippen MR) is 64.4 cm³/mol. The van der Waals surface area contributed by atoms with E-state index in [0.29, 0.717) is 0 Å². The van der Waals surface area contributed by atoms with E-state index >= 15 is 0 Å². The lowest BCUT2D eigenvalue weighted by Crippen LogP contribution is -2.52. The first kappa shape index (κ1) is 15.5. The van der Waals surface area contributed by atoms with Gasteiger partial charge in [-0.2, -0.15) is 13.2 Å². The second-order valence-corrected chi connectivity index (χ2v) is 5.38. The maximum atomic E-state index is 12.2. The Bertz CT molecular complexity index is 280. The van der Waals surface area contributed by atoms with Crippen molar-refractivity contribution in [1.29, 1.82) is 0 Å². The largest absolute Gasteiger partial charge is 0.389 e. The summed E-state index contributed by atoms with van der Waals surface area (Å²) >= 11 is 0. The monoisotopic (exact) mass is 265 g/mol. The summed E-state index contributed by atoms with van der Waals surface area (Å²) in [7, 11) is 3.71. The van der Waals surface area contributed by atoms with E-state index in [2.05, 4.69) is 0 Å². The Labute approximate surface area is 107 Å². The highest BCUT2D eigenvalue weighted by atomic mass is 19.4. The van der Waals surface area contributed by atoms with Crippen molar-refractivity contribution in [3.63, 3.8) is 0 Å². The van der Waals surface area contributed by atoms with Gasteiger partial charge in [0.1, 0.15) is 0 Å². The van der Waals surface area contributed by atoms with Gasteiger partial charge >= 0.3 is 6.18 Å². The molecule has 5 heteroatoms. The van der Waals surface area contributed by atoms with Crippen molar-refractivity contribution >= 4 is 5.78 Å². The lowest BCUT2D eigenvalue weighted by molar-refractivity contribution is -0.140. The zero-order chi connectivity index (χ0) is 13.8. The molecule has 0 bridgehead atoms. The van der Waals surface area contributed by atoms with E-state index in [1.807, 2.05) is 19.0 Å². The Hall–Kier alpha value is -0.580. The first-order valence-corrected chi connectivity index (χ1v) is 6.55. The molecule has 2 nitrogen and oxygen atoms in total. The predicted octanol–water partition coefficient (Wildman–Crippen LogP) is 3.55. The molecule has 0 aliphatic heterocycles. The average Bonchev–Trinajstić information content (AvgIpc) is 2.27. The van der Waals surface area contributed by atoms with Gasteiger partial charge in [0.2, 0.25) is 0 Å². The van der Waals surface area contributed by atoms with E-state index < -0.39 is 18.1 Å². The van der Waals surface area contributed by atoms with Crippen LogP contribution < -0.4 is 0 Å².